The minimum Gasteiger partial charge on any atom is -0.447 e. The van der Waals surface area contributed by atoms with Crippen molar-refractivity contribution in [2.24, 2.45) is 0 Å². The van der Waals surface area contributed by atoms with Crippen molar-refractivity contribution in [1.29, 1.82) is 5.26 Å². The lowest BCUT2D eigenvalue weighted by Gasteiger charge is -2.17. The van der Waals surface area contributed by atoms with Gasteiger partial charge in [-0.1, -0.05) is 24.3 Å². The van der Waals surface area contributed by atoms with E-state index in [1.54, 1.807) is 24.3 Å². The van der Waals surface area contributed by atoms with Gasteiger partial charge < -0.3 is 4.74 Å². The summed E-state index contributed by atoms with van der Waals surface area (Å²) in [6.45, 7) is 1.49. The van der Waals surface area contributed by atoms with Crippen molar-refractivity contribution in [1.82, 2.24) is 0 Å². The topological polar surface area (TPSA) is 50.1 Å². The summed E-state index contributed by atoms with van der Waals surface area (Å²) in [5.41, 5.74) is 1.57. The number of nitriles is 1. The van der Waals surface area contributed by atoms with Crippen molar-refractivity contribution in [2.75, 3.05) is 5.75 Å². The fourth-order valence-electron chi connectivity index (χ4n) is 2.07. The van der Waals surface area contributed by atoms with E-state index < -0.39 is 12.1 Å². The molecule has 0 amide bonds. The van der Waals surface area contributed by atoms with E-state index in [9.17, 15) is 13.6 Å². The van der Waals surface area contributed by atoms with Crippen LogP contribution in [0.4, 0.5) is 8.78 Å². The first-order chi connectivity index (χ1) is 11.5. The molecule has 0 saturated carbocycles. The summed E-state index contributed by atoms with van der Waals surface area (Å²) < 4.78 is 31.2. The van der Waals surface area contributed by atoms with Gasteiger partial charge in [0.25, 0.3) is 0 Å². The first-order valence-corrected chi connectivity index (χ1v) is 8.26. The van der Waals surface area contributed by atoms with E-state index in [1.807, 2.05) is 6.07 Å². The Bertz CT molecular complexity index is 681. The summed E-state index contributed by atoms with van der Waals surface area (Å²) in [5.74, 6) is -1.21. The number of ether oxygens (including phenoxy) is 1. The normalized spacial score (nSPS) is 11.8. The average molecular weight is 347 g/mol. The van der Waals surface area contributed by atoms with Crippen LogP contribution in [-0.4, -0.2) is 17.8 Å². The van der Waals surface area contributed by atoms with Gasteiger partial charge in [0.2, 0.25) is 0 Å². The third-order valence-electron chi connectivity index (χ3n) is 3.20. The number of carbonyl (C=O) groups is 1. The standard InChI is InChI=1S/C18H15F2NO2S/c1-12(10-21)23-17(22)11-24-18(13-2-6-15(19)7-3-13)14-4-8-16(20)9-5-14/h2-9,12,18H,11H2,1H3/t12-/m1/s1. The highest BCUT2D eigenvalue weighted by Crippen LogP contribution is 2.35. The monoisotopic (exact) mass is 347 g/mol. The summed E-state index contributed by atoms with van der Waals surface area (Å²) in [6.07, 6.45) is -0.812. The highest BCUT2D eigenvalue weighted by molar-refractivity contribution is 8.00. The van der Waals surface area contributed by atoms with Gasteiger partial charge in [0.05, 0.1) is 11.0 Å². The second-order valence-corrected chi connectivity index (χ2v) is 6.15. The number of thioether (sulfide) groups is 1. The van der Waals surface area contributed by atoms with E-state index in [-0.39, 0.29) is 22.6 Å². The molecule has 0 fully saturated rings. The fourth-order valence-corrected chi connectivity index (χ4v) is 3.14. The predicted molar refractivity (Wildman–Crippen MR) is 88.3 cm³/mol. The smallest absolute Gasteiger partial charge is 0.317 e. The molecule has 0 N–H and O–H groups in total. The Balaban J connectivity index is 2.17. The Morgan fingerprint density at radius 3 is 1.96 bits per heavy atom. The van der Waals surface area contributed by atoms with Crippen molar-refractivity contribution < 1.29 is 18.3 Å². The lowest BCUT2D eigenvalue weighted by atomic mass is 10.0. The number of hydrogen-bond acceptors (Lipinski definition) is 4. The molecule has 0 radical (unpaired) electrons. The molecular weight excluding hydrogens is 332 g/mol. The largest absolute Gasteiger partial charge is 0.447 e. The average Bonchev–Trinajstić information content (AvgIpc) is 2.58. The van der Waals surface area contributed by atoms with E-state index in [1.165, 1.54) is 43.0 Å². The lowest BCUT2D eigenvalue weighted by Crippen LogP contribution is -2.15. The van der Waals surface area contributed by atoms with Gasteiger partial charge >= 0.3 is 5.97 Å². The molecule has 0 saturated heterocycles. The molecule has 1 atom stereocenters. The molecule has 0 aliphatic rings. The van der Waals surface area contributed by atoms with Gasteiger partial charge in [-0.3, -0.25) is 4.79 Å². The van der Waals surface area contributed by atoms with Crippen molar-refractivity contribution in [3.63, 3.8) is 0 Å². The van der Waals surface area contributed by atoms with Gasteiger partial charge in [0, 0.05) is 0 Å². The molecule has 24 heavy (non-hydrogen) atoms. The fraction of sp³-hybridized carbons (Fsp3) is 0.222. The minimum atomic E-state index is -0.812. The molecule has 0 heterocycles. The zero-order valence-electron chi connectivity index (χ0n) is 12.9. The number of benzene rings is 2. The van der Waals surface area contributed by atoms with Crippen LogP contribution in [0.3, 0.4) is 0 Å². The summed E-state index contributed by atoms with van der Waals surface area (Å²) >= 11 is 1.27. The van der Waals surface area contributed by atoms with Crippen LogP contribution in [0.15, 0.2) is 48.5 Å². The van der Waals surface area contributed by atoms with Gasteiger partial charge in [-0.05, 0) is 42.3 Å². The number of hydrogen-bond donors (Lipinski definition) is 0. The van der Waals surface area contributed by atoms with E-state index in [4.69, 9.17) is 10.00 Å². The molecular formula is C18H15F2NO2S. The van der Waals surface area contributed by atoms with Gasteiger partial charge in [-0.25, -0.2) is 8.78 Å². The molecule has 6 heteroatoms. The Morgan fingerprint density at radius 1 is 1.08 bits per heavy atom. The summed E-state index contributed by atoms with van der Waals surface area (Å²) in [5, 5.41) is 8.38. The van der Waals surface area contributed by atoms with E-state index in [2.05, 4.69) is 0 Å². The van der Waals surface area contributed by atoms with E-state index in [0.717, 1.165) is 11.1 Å². The second-order valence-electron chi connectivity index (χ2n) is 5.06. The number of nitrogens with zero attached hydrogens (tertiary/aromatic N) is 1. The van der Waals surface area contributed by atoms with Crippen LogP contribution in [0.2, 0.25) is 0 Å². The van der Waals surface area contributed by atoms with E-state index >= 15 is 0 Å². The van der Waals surface area contributed by atoms with Gasteiger partial charge in [0.15, 0.2) is 6.10 Å². The number of rotatable bonds is 6. The van der Waals surface area contributed by atoms with Crippen LogP contribution >= 0.6 is 11.8 Å². The molecule has 0 spiro atoms. The third kappa shape index (κ3) is 5.07. The second kappa shape index (κ2) is 8.46. The van der Waals surface area contributed by atoms with Crippen LogP contribution < -0.4 is 0 Å². The summed E-state index contributed by atoms with van der Waals surface area (Å²) in [6, 6.07) is 13.7. The zero-order valence-corrected chi connectivity index (χ0v) is 13.7. The maximum Gasteiger partial charge on any atom is 0.317 e. The van der Waals surface area contributed by atoms with Gasteiger partial charge in [0.1, 0.15) is 17.7 Å². The van der Waals surface area contributed by atoms with Crippen LogP contribution in [-0.2, 0) is 9.53 Å². The molecule has 2 rings (SSSR count). The SMILES string of the molecule is C[C@H](C#N)OC(=O)CSC(c1ccc(F)cc1)c1ccc(F)cc1. The molecule has 0 aromatic heterocycles. The van der Waals surface area contributed by atoms with Crippen molar-refractivity contribution in [3.05, 3.63) is 71.3 Å². The summed E-state index contributed by atoms with van der Waals surface area (Å²) in [4.78, 5) is 11.8. The molecule has 2 aromatic rings. The highest BCUT2D eigenvalue weighted by atomic mass is 32.2. The molecule has 124 valence electrons. The van der Waals surface area contributed by atoms with Crippen molar-refractivity contribution >= 4 is 17.7 Å². The van der Waals surface area contributed by atoms with Crippen LogP contribution in [0.25, 0.3) is 0 Å². The van der Waals surface area contributed by atoms with Crippen LogP contribution in [0.1, 0.15) is 23.3 Å². The zero-order chi connectivity index (χ0) is 17.5. The van der Waals surface area contributed by atoms with E-state index in [0.29, 0.717) is 0 Å². The lowest BCUT2D eigenvalue weighted by molar-refractivity contribution is -0.142. The Morgan fingerprint density at radius 2 is 1.54 bits per heavy atom. The molecule has 0 aliphatic carbocycles. The highest BCUT2D eigenvalue weighted by Gasteiger charge is 2.18. The van der Waals surface area contributed by atoms with Crippen molar-refractivity contribution in [2.45, 2.75) is 18.3 Å². The van der Waals surface area contributed by atoms with Crippen LogP contribution in [0, 0.1) is 23.0 Å². The molecule has 2 aromatic carbocycles. The predicted octanol–water partition coefficient (Wildman–Crippen LogP) is 4.24. The Hall–Kier alpha value is -2.39. The first kappa shape index (κ1) is 18.0. The van der Waals surface area contributed by atoms with Gasteiger partial charge in [-0.2, -0.15) is 5.26 Å². The van der Waals surface area contributed by atoms with Crippen molar-refractivity contribution in [3.8, 4) is 6.07 Å². The van der Waals surface area contributed by atoms with Gasteiger partial charge in [-0.15, -0.1) is 11.8 Å². The number of halogens is 2. The Kier molecular flexibility index (Phi) is 6.33. The molecule has 3 nitrogen and oxygen atoms in total. The number of esters is 1. The van der Waals surface area contributed by atoms with Crippen LogP contribution in [0.5, 0.6) is 0 Å². The quantitative estimate of drug-likeness (QED) is 0.733. The third-order valence-corrected chi connectivity index (χ3v) is 4.48. The minimum absolute atomic E-state index is 0.0193. The molecule has 0 unspecified atom stereocenters. The maximum atomic E-state index is 13.1. The first-order valence-electron chi connectivity index (χ1n) is 7.21. The maximum absolute atomic E-state index is 13.1. The number of carbonyl (C=O) groups excluding carboxylic acids is 1. The molecule has 0 bridgehead atoms. The summed E-state index contributed by atoms with van der Waals surface area (Å²) in [7, 11) is 0. The Labute approximate surface area is 143 Å². The molecule has 0 aliphatic heterocycles.